The largest absolute Gasteiger partial charge is 0.461 e. The number of thiazole rings is 1. The molecule has 0 bridgehead atoms. The van der Waals surface area contributed by atoms with Crippen LogP contribution in [0.1, 0.15) is 32.8 Å². The van der Waals surface area contributed by atoms with E-state index in [2.05, 4.69) is 20.9 Å². The highest BCUT2D eigenvalue weighted by molar-refractivity contribution is 9.10. The van der Waals surface area contributed by atoms with Crippen LogP contribution in [0.4, 0.5) is 0 Å². The van der Waals surface area contributed by atoms with Gasteiger partial charge in [0.05, 0.1) is 22.8 Å². The Morgan fingerprint density at radius 3 is 2.64 bits per heavy atom. The molecule has 0 aliphatic carbocycles. The van der Waals surface area contributed by atoms with Gasteiger partial charge in [-0.05, 0) is 41.1 Å². The van der Waals surface area contributed by atoms with Crippen LogP contribution in [0, 0.1) is 0 Å². The number of aromatic nitrogens is 1. The summed E-state index contributed by atoms with van der Waals surface area (Å²) in [5.74, 6) is -1.31. The van der Waals surface area contributed by atoms with Crippen molar-refractivity contribution in [3.8, 4) is 0 Å². The molecule has 0 unspecified atom stereocenters. The monoisotopic (exact) mass is 448 g/mol. The van der Waals surface area contributed by atoms with E-state index in [0.29, 0.717) is 10.2 Å². The Labute approximate surface area is 156 Å². The number of carbonyl (C=O) groups excluding carboxylic acids is 2. The SMILES string of the molecule is CCOC(=O)c1nc(COC(=O)c2cc(S(N)(=O)=O)ccc2Br)cs1. The highest BCUT2D eigenvalue weighted by Crippen LogP contribution is 2.22. The number of nitrogens with two attached hydrogens (primary N) is 1. The Kier molecular flexibility index (Phi) is 6.27. The number of halogens is 1. The topological polar surface area (TPSA) is 126 Å². The van der Waals surface area contributed by atoms with Crippen molar-refractivity contribution < 1.29 is 27.5 Å². The number of sulfonamides is 1. The summed E-state index contributed by atoms with van der Waals surface area (Å²) in [5.41, 5.74) is 0.382. The maximum atomic E-state index is 12.2. The van der Waals surface area contributed by atoms with E-state index in [1.54, 1.807) is 12.3 Å². The summed E-state index contributed by atoms with van der Waals surface area (Å²) in [5, 5.41) is 6.77. The smallest absolute Gasteiger partial charge is 0.367 e. The molecule has 8 nitrogen and oxygen atoms in total. The van der Waals surface area contributed by atoms with Crippen molar-refractivity contribution >= 4 is 49.2 Å². The van der Waals surface area contributed by atoms with Crippen LogP contribution in [0.25, 0.3) is 0 Å². The average Bonchev–Trinajstić information content (AvgIpc) is 3.01. The van der Waals surface area contributed by atoms with E-state index in [0.717, 1.165) is 17.4 Å². The third-order valence-corrected chi connectivity index (χ3v) is 5.31. The standard InChI is InChI=1S/C14H13BrN2O6S2/c1-2-22-14(19)12-17-8(7-24-12)6-23-13(18)10-5-9(25(16,20)21)3-4-11(10)15/h3-5,7H,2,6H2,1H3,(H2,16,20,21). The van der Waals surface area contributed by atoms with E-state index < -0.39 is 22.0 Å². The molecule has 134 valence electrons. The summed E-state index contributed by atoms with van der Waals surface area (Å²) in [4.78, 5) is 27.5. The molecule has 0 radical (unpaired) electrons. The number of hydrogen-bond acceptors (Lipinski definition) is 8. The minimum atomic E-state index is -3.95. The maximum absolute atomic E-state index is 12.2. The van der Waals surface area contributed by atoms with Gasteiger partial charge in [-0.3, -0.25) is 0 Å². The molecule has 0 aliphatic heterocycles. The van der Waals surface area contributed by atoms with E-state index >= 15 is 0 Å². The first-order chi connectivity index (χ1) is 11.7. The molecule has 0 spiro atoms. The molecule has 0 atom stereocenters. The second-order valence-corrected chi connectivity index (χ2v) is 7.90. The number of carbonyl (C=O) groups is 2. The molecule has 1 aromatic heterocycles. The van der Waals surface area contributed by atoms with Crippen molar-refractivity contribution in [3.63, 3.8) is 0 Å². The number of nitrogens with zero attached hydrogens (tertiary/aromatic N) is 1. The first-order valence-electron chi connectivity index (χ1n) is 6.83. The molecule has 0 amide bonds. The van der Waals surface area contributed by atoms with Gasteiger partial charge in [0.1, 0.15) is 6.61 Å². The lowest BCUT2D eigenvalue weighted by Gasteiger charge is -2.07. The summed E-state index contributed by atoms with van der Waals surface area (Å²) in [6, 6.07) is 3.77. The summed E-state index contributed by atoms with van der Waals surface area (Å²) < 4.78 is 33.0. The fourth-order valence-corrected chi connectivity index (χ4v) is 3.36. The second kappa shape index (κ2) is 8.04. The minimum absolute atomic E-state index is 0.00682. The Balaban J connectivity index is 2.09. The van der Waals surface area contributed by atoms with E-state index in [1.165, 1.54) is 12.1 Å². The molecular formula is C14H13BrN2O6S2. The zero-order chi connectivity index (χ0) is 18.6. The highest BCUT2D eigenvalue weighted by atomic mass is 79.9. The normalized spacial score (nSPS) is 11.2. The molecule has 2 aromatic rings. The van der Waals surface area contributed by atoms with Gasteiger partial charge in [-0.2, -0.15) is 0 Å². The molecule has 1 heterocycles. The summed E-state index contributed by atoms with van der Waals surface area (Å²) in [6.45, 7) is 1.74. The van der Waals surface area contributed by atoms with Crippen molar-refractivity contribution in [3.05, 3.63) is 44.3 Å². The van der Waals surface area contributed by atoms with Crippen molar-refractivity contribution in [1.29, 1.82) is 0 Å². The first kappa shape index (κ1) is 19.5. The van der Waals surface area contributed by atoms with Gasteiger partial charge in [0.2, 0.25) is 15.0 Å². The van der Waals surface area contributed by atoms with Gasteiger partial charge in [-0.1, -0.05) is 0 Å². The molecule has 2 rings (SSSR count). The summed E-state index contributed by atoms with van der Waals surface area (Å²) in [7, 11) is -3.95. The van der Waals surface area contributed by atoms with Gasteiger partial charge in [-0.25, -0.2) is 28.1 Å². The van der Waals surface area contributed by atoms with Gasteiger partial charge in [0.15, 0.2) is 0 Å². The molecule has 0 fully saturated rings. The van der Waals surface area contributed by atoms with Crippen molar-refractivity contribution in [2.45, 2.75) is 18.4 Å². The fourth-order valence-electron chi connectivity index (χ4n) is 1.71. The van der Waals surface area contributed by atoms with Crippen LogP contribution in [0.3, 0.4) is 0 Å². The lowest BCUT2D eigenvalue weighted by Crippen LogP contribution is -2.14. The lowest BCUT2D eigenvalue weighted by atomic mass is 10.2. The number of benzene rings is 1. The van der Waals surface area contributed by atoms with E-state index in [1.807, 2.05) is 0 Å². The van der Waals surface area contributed by atoms with Gasteiger partial charge in [0.25, 0.3) is 0 Å². The average molecular weight is 449 g/mol. The molecule has 11 heteroatoms. The molecule has 0 aliphatic rings. The third kappa shape index (κ3) is 5.08. The predicted molar refractivity (Wildman–Crippen MR) is 92.7 cm³/mol. The van der Waals surface area contributed by atoms with Gasteiger partial charge < -0.3 is 9.47 Å². The lowest BCUT2D eigenvalue weighted by molar-refractivity contribution is 0.0467. The molecule has 0 saturated heterocycles. The Morgan fingerprint density at radius 2 is 2.00 bits per heavy atom. The van der Waals surface area contributed by atoms with Crippen LogP contribution < -0.4 is 5.14 Å². The highest BCUT2D eigenvalue weighted by Gasteiger charge is 2.18. The maximum Gasteiger partial charge on any atom is 0.367 e. The molecule has 25 heavy (non-hydrogen) atoms. The zero-order valence-corrected chi connectivity index (χ0v) is 16.1. The zero-order valence-electron chi connectivity index (χ0n) is 12.9. The Morgan fingerprint density at radius 1 is 1.28 bits per heavy atom. The Bertz CT molecular complexity index is 910. The van der Waals surface area contributed by atoms with Crippen molar-refractivity contribution in [2.24, 2.45) is 5.14 Å². The van der Waals surface area contributed by atoms with Crippen LogP contribution in [0.15, 0.2) is 32.9 Å². The first-order valence-corrected chi connectivity index (χ1v) is 10.0. The number of esters is 2. The van der Waals surface area contributed by atoms with Crippen LogP contribution >= 0.6 is 27.3 Å². The van der Waals surface area contributed by atoms with Crippen LogP contribution in [-0.4, -0.2) is 31.9 Å². The van der Waals surface area contributed by atoms with E-state index in [4.69, 9.17) is 14.6 Å². The number of ether oxygens (including phenoxy) is 2. The van der Waals surface area contributed by atoms with Crippen molar-refractivity contribution in [2.75, 3.05) is 6.61 Å². The molecule has 2 N–H and O–H groups in total. The molecule has 0 saturated carbocycles. The van der Waals surface area contributed by atoms with Crippen LogP contribution in [0.2, 0.25) is 0 Å². The summed E-state index contributed by atoms with van der Waals surface area (Å²) in [6.07, 6.45) is 0. The molecule has 1 aromatic carbocycles. The van der Waals surface area contributed by atoms with E-state index in [-0.39, 0.29) is 28.7 Å². The van der Waals surface area contributed by atoms with Crippen molar-refractivity contribution in [1.82, 2.24) is 4.98 Å². The van der Waals surface area contributed by atoms with Gasteiger partial charge in [-0.15, -0.1) is 11.3 Å². The van der Waals surface area contributed by atoms with Gasteiger partial charge in [0, 0.05) is 9.85 Å². The van der Waals surface area contributed by atoms with Gasteiger partial charge >= 0.3 is 11.9 Å². The van der Waals surface area contributed by atoms with Crippen LogP contribution in [0.5, 0.6) is 0 Å². The summed E-state index contributed by atoms with van der Waals surface area (Å²) >= 11 is 4.23. The number of primary sulfonamides is 1. The Hall–Kier alpha value is -1.82. The third-order valence-electron chi connectivity index (χ3n) is 2.84. The molecular weight excluding hydrogens is 436 g/mol. The number of rotatable bonds is 6. The van der Waals surface area contributed by atoms with Crippen LogP contribution in [-0.2, 0) is 26.1 Å². The second-order valence-electron chi connectivity index (χ2n) is 4.63. The number of hydrogen-bond donors (Lipinski definition) is 1. The van der Waals surface area contributed by atoms with E-state index in [9.17, 15) is 18.0 Å². The fraction of sp³-hybridized carbons (Fsp3) is 0.214. The quantitative estimate of drug-likeness (QED) is 0.670. The predicted octanol–water partition coefficient (Wildman–Crippen LogP) is 2.09. The minimum Gasteiger partial charge on any atom is -0.461 e.